The molecule has 2 heteroatoms. The first-order chi connectivity index (χ1) is 9.96. The zero-order valence-electron chi connectivity index (χ0n) is 13.4. The van der Waals surface area contributed by atoms with Crippen LogP contribution < -0.4 is 5.32 Å². The topological polar surface area (TPSA) is 32.3 Å². The molecular weight excluding hydrogens is 258 g/mol. The molecule has 2 aromatic rings. The third-order valence-electron chi connectivity index (χ3n) is 4.22. The van der Waals surface area contributed by atoms with Crippen LogP contribution in [0.5, 0.6) is 0 Å². The minimum Gasteiger partial charge on any atom is -0.394 e. The summed E-state index contributed by atoms with van der Waals surface area (Å²) in [7, 11) is 0. The Labute approximate surface area is 127 Å². The number of aliphatic hydroxyl groups excluding tert-OH is 1. The molecule has 2 aromatic carbocycles. The van der Waals surface area contributed by atoms with Crippen molar-refractivity contribution in [3.63, 3.8) is 0 Å². The largest absolute Gasteiger partial charge is 0.394 e. The second-order valence-corrected chi connectivity index (χ2v) is 6.09. The van der Waals surface area contributed by atoms with Crippen molar-refractivity contribution >= 4 is 0 Å². The molecule has 0 saturated carbocycles. The predicted molar refractivity (Wildman–Crippen MR) is 88.4 cm³/mol. The maximum atomic E-state index is 9.84. The van der Waals surface area contributed by atoms with E-state index in [9.17, 15) is 5.11 Å². The molecule has 0 aliphatic carbocycles. The summed E-state index contributed by atoms with van der Waals surface area (Å²) < 4.78 is 0. The third-order valence-corrected chi connectivity index (χ3v) is 4.22. The Balaban J connectivity index is 2.22. The summed E-state index contributed by atoms with van der Waals surface area (Å²) in [6, 6.07) is 14.5. The summed E-state index contributed by atoms with van der Waals surface area (Å²) in [5.41, 5.74) is 5.89. The van der Waals surface area contributed by atoms with E-state index in [4.69, 9.17) is 0 Å². The van der Waals surface area contributed by atoms with Crippen molar-refractivity contribution in [2.24, 2.45) is 0 Å². The van der Waals surface area contributed by atoms with E-state index in [1.807, 2.05) is 25.1 Å². The van der Waals surface area contributed by atoms with Gasteiger partial charge in [0.25, 0.3) is 0 Å². The molecule has 2 rings (SSSR count). The van der Waals surface area contributed by atoms with Crippen LogP contribution in [0.15, 0.2) is 42.5 Å². The second kappa shape index (κ2) is 6.42. The van der Waals surface area contributed by atoms with Gasteiger partial charge in [-0.25, -0.2) is 0 Å². The molecule has 0 heterocycles. The van der Waals surface area contributed by atoms with Gasteiger partial charge in [0.05, 0.1) is 12.1 Å². The van der Waals surface area contributed by atoms with Crippen LogP contribution in [0.1, 0.15) is 34.7 Å². The van der Waals surface area contributed by atoms with Gasteiger partial charge < -0.3 is 10.4 Å². The first kappa shape index (κ1) is 15.7. The lowest BCUT2D eigenvalue weighted by Crippen LogP contribution is -2.42. The van der Waals surface area contributed by atoms with Gasteiger partial charge in [-0.1, -0.05) is 48.0 Å². The van der Waals surface area contributed by atoms with E-state index >= 15 is 0 Å². The predicted octanol–water partition coefficient (Wildman–Crippen LogP) is 3.61. The first-order valence-electron chi connectivity index (χ1n) is 7.44. The Morgan fingerprint density at radius 2 is 1.57 bits per heavy atom. The van der Waals surface area contributed by atoms with E-state index in [0.717, 1.165) is 12.1 Å². The highest BCUT2D eigenvalue weighted by molar-refractivity contribution is 5.37. The molecule has 0 amide bonds. The Morgan fingerprint density at radius 3 is 2.10 bits per heavy atom. The van der Waals surface area contributed by atoms with Crippen molar-refractivity contribution < 1.29 is 5.11 Å². The normalized spacial score (nSPS) is 14.0. The highest BCUT2D eigenvalue weighted by atomic mass is 16.3. The van der Waals surface area contributed by atoms with Crippen molar-refractivity contribution in [3.05, 3.63) is 70.3 Å². The number of aliphatic hydroxyl groups is 1. The molecule has 0 aliphatic rings. The Morgan fingerprint density at radius 1 is 1.00 bits per heavy atom. The van der Waals surface area contributed by atoms with Crippen molar-refractivity contribution in [2.45, 2.75) is 39.8 Å². The molecule has 1 unspecified atom stereocenters. The number of rotatable bonds is 5. The van der Waals surface area contributed by atoms with Crippen LogP contribution in [-0.2, 0) is 12.1 Å². The van der Waals surface area contributed by atoms with Crippen LogP contribution in [-0.4, -0.2) is 11.7 Å². The molecule has 2 nitrogen and oxygen atoms in total. The summed E-state index contributed by atoms with van der Waals surface area (Å²) in [5.74, 6) is 0. The lowest BCUT2D eigenvalue weighted by molar-refractivity contribution is 0.173. The molecule has 1 atom stereocenters. The smallest absolute Gasteiger partial charge is 0.0652 e. The third kappa shape index (κ3) is 3.52. The van der Waals surface area contributed by atoms with Gasteiger partial charge in [-0.2, -0.15) is 0 Å². The van der Waals surface area contributed by atoms with Crippen molar-refractivity contribution in [1.82, 2.24) is 5.32 Å². The Kier molecular flexibility index (Phi) is 4.81. The van der Waals surface area contributed by atoms with Crippen LogP contribution in [0.25, 0.3) is 0 Å². The molecule has 0 fully saturated rings. The summed E-state index contributed by atoms with van der Waals surface area (Å²) in [4.78, 5) is 0. The quantitative estimate of drug-likeness (QED) is 0.878. The molecular formula is C19H25NO. The van der Waals surface area contributed by atoms with Gasteiger partial charge in [0, 0.05) is 6.54 Å². The highest BCUT2D eigenvalue weighted by Gasteiger charge is 2.25. The highest BCUT2D eigenvalue weighted by Crippen LogP contribution is 2.22. The molecule has 0 aromatic heterocycles. The Hall–Kier alpha value is -1.64. The van der Waals surface area contributed by atoms with Gasteiger partial charge in [-0.3, -0.25) is 0 Å². The molecule has 0 aliphatic heterocycles. The minimum absolute atomic E-state index is 0.0704. The van der Waals surface area contributed by atoms with E-state index in [1.54, 1.807) is 0 Å². The Bertz CT molecular complexity index is 583. The summed E-state index contributed by atoms with van der Waals surface area (Å²) in [6.07, 6.45) is 0. The minimum atomic E-state index is -0.426. The van der Waals surface area contributed by atoms with E-state index in [0.29, 0.717) is 0 Å². The van der Waals surface area contributed by atoms with Crippen LogP contribution in [0.3, 0.4) is 0 Å². The van der Waals surface area contributed by atoms with Gasteiger partial charge in [0.2, 0.25) is 0 Å². The zero-order chi connectivity index (χ0) is 15.5. The molecule has 21 heavy (non-hydrogen) atoms. The second-order valence-electron chi connectivity index (χ2n) is 6.09. The number of benzene rings is 2. The van der Waals surface area contributed by atoms with E-state index < -0.39 is 5.54 Å². The first-order valence-corrected chi connectivity index (χ1v) is 7.44. The summed E-state index contributed by atoms with van der Waals surface area (Å²) >= 11 is 0. The van der Waals surface area contributed by atoms with Gasteiger partial charge in [0.1, 0.15) is 0 Å². The van der Waals surface area contributed by atoms with E-state index in [-0.39, 0.29) is 6.61 Å². The fraction of sp³-hybridized carbons (Fsp3) is 0.368. The van der Waals surface area contributed by atoms with Crippen LogP contribution in [0, 0.1) is 20.8 Å². The van der Waals surface area contributed by atoms with Crippen LogP contribution in [0.4, 0.5) is 0 Å². The van der Waals surface area contributed by atoms with Crippen LogP contribution >= 0.6 is 0 Å². The van der Waals surface area contributed by atoms with Gasteiger partial charge in [0.15, 0.2) is 0 Å². The molecule has 0 saturated heterocycles. The lowest BCUT2D eigenvalue weighted by atomic mass is 9.91. The average molecular weight is 283 g/mol. The fourth-order valence-corrected chi connectivity index (χ4v) is 2.83. The van der Waals surface area contributed by atoms with Gasteiger partial charge in [-0.15, -0.1) is 0 Å². The molecule has 112 valence electrons. The summed E-state index contributed by atoms with van der Waals surface area (Å²) in [6.45, 7) is 9.29. The fourth-order valence-electron chi connectivity index (χ4n) is 2.83. The van der Waals surface area contributed by atoms with Gasteiger partial charge in [-0.05, 0) is 49.9 Å². The maximum Gasteiger partial charge on any atom is 0.0652 e. The molecule has 0 bridgehead atoms. The number of aryl methyl sites for hydroxylation is 3. The molecule has 2 N–H and O–H groups in total. The van der Waals surface area contributed by atoms with E-state index in [2.05, 4.69) is 50.4 Å². The van der Waals surface area contributed by atoms with Crippen LogP contribution in [0.2, 0.25) is 0 Å². The number of hydrogen-bond donors (Lipinski definition) is 2. The number of hydrogen-bond acceptors (Lipinski definition) is 2. The lowest BCUT2D eigenvalue weighted by Gasteiger charge is -2.30. The monoisotopic (exact) mass is 283 g/mol. The van der Waals surface area contributed by atoms with Crippen molar-refractivity contribution in [2.75, 3.05) is 6.61 Å². The zero-order valence-corrected chi connectivity index (χ0v) is 13.4. The number of nitrogens with one attached hydrogen (secondary N) is 1. The van der Waals surface area contributed by atoms with E-state index in [1.165, 1.54) is 22.3 Å². The average Bonchev–Trinajstić information content (AvgIpc) is 2.46. The molecule has 0 radical (unpaired) electrons. The standard InChI is InChI=1S/C19H25NO/c1-14-10-15(2)18(16(3)11-14)12-20-19(4,13-21)17-8-6-5-7-9-17/h5-11,20-21H,12-13H2,1-4H3. The van der Waals surface area contributed by atoms with Gasteiger partial charge >= 0.3 is 0 Å². The van der Waals surface area contributed by atoms with Crippen molar-refractivity contribution in [3.8, 4) is 0 Å². The van der Waals surface area contributed by atoms with Crippen molar-refractivity contribution in [1.29, 1.82) is 0 Å². The SMILES string of the molecule is Cc1cc(C)c(CNC(C)(CO)c2ccccc2)c(C)c1. The maximum absolute atomic E-state index is 9.84. The summed E-state index contributed by atoms with van der Waals surface area (Å²) in [5, 5.41) is 13.4. The molecule has 0 spiro atoms.